The average Bonchev–Trinajstić information content (AvgIpc) is 3.15. The van der Waals surface area contributed by atoms with Crippen LogP contribution in [0.25, 0.3) is 11.4 Å². The minimum atomic E-state index is -3.71. The van der Waals surface area contributed by atoms with Gasteiger partial charge in [0, 0.05) is 12.6 Å². The molecule has 1 aromatic heterocycles. The summed E-state index contributed by atoms with van der Waals surface area (Å²) in [4.78, 5) is 4.54. The Balaban J connectivity index is 1.77. The van der Waals surface area contributed by atoms with Crippen molar-refractivity contribution in [2.45, 2.75) is 44.6 Å². The predicted molar refractivity (Wildman–Crippen MR) is 115 cm³/mol. The Morgan fingerprint density at radius 1 is 1.10 bits per heavy atom. The van der Waals surface area contributed by atoms with Gasteiger partial charge in [0.25, 0.3) is 0 Å². The molecule has 2 aromatic carbocycles. The molecule has 0 saturated carbocycles. The van der Waals surface area contributed by atoms with Crippen molar-refractivity contribution < 1.29 is 17.7 Å². The second-order valence-corrected chi connectivity index (χ2v) is 10.3. The molecule has 0 spiro atoms. The number of aromatic nitrogens is 2. The fraction of sp³-hybridized carbons (Fsp3) is 0.364. The SMILES string of the molecule is COc1ccc(S(=O)(=O)N(C)Cc2nc(-c3ccc(C(C)(C)C)cc3)no2)cc1C. The lowest BCUT2D eigenvalue weighted by atomic mass is 9.87. The molecule has 0 saturated heterocycles. The van der Waals surface area contributed by atoms with E-state index in [0.29, 0.717) is 11.6 Å². The van der Waals surface area contributed by atoms with E-state index in [-0.39, 0.29) is 22.7 Å². The normalized spacial score (nSPS) is 12.4. The van der Waals surface area contributed by atoms with E-state index < -0.39 is 10.0 Å². The lowest BCUT2D eigenvalue weighted by Crippen LogP contribution is -2.26. The number of benzene rings is 2. The minimum absolute atomic E-state index is 0.0273. The first-order valence-corrected chi connectivity index (χ1v) is 11.0. The zero-order valence-corrected chi connectivity index (χ0v) is 18.9. The number of nitrogens with zero attached hydrogens (tertiary/aromatic N) is 3. The molecule has 0 amide bonds. The fourth-order valence-electron chi connectivity index (χ4n) is 3.02. The van der Waals surface area contributed by atoms with Gasteiger partial charge < -0.3 is 9.26 Å². The van der Waals surface area contributed by atoms with Gasteiger partial charge in [-0.3, -0.25) is 0 Å². The highest BCUT2D eigenvalue weighted by Crippen LogP contribution is 2.26. The number of hydrogen-bond acceptors (Lipinski definition) is 6. The number of rotatable bonds is 6. The molecule has 0 unspecified atom stereocenters. The number of ether oxygens (including phenoxy) is 1. The molecular formula is C22H27N3O4S. The number of methoxy groups -OCH3 is 1. The van der Waals surface area contributed by atoms with Crippen LogP contribution < -0.4 is 4.74 Å². The molecule has 0 atom stereocenters. The Bertz CT molecular complexity index is 1130. The Hall–Kier alpha value is -2.71. The molecule has 0 N–H and O–H groups in total. The van der Waals surface area contributed by atoms with Crippen LogP contribution in [0, 0.1) is 6.92 Å². The maximum absolute atomic E-state index is 12.9. The smallest absolute Gasteiger partial charge is 0.243 e. The predicted octanol–water partition coefficient (Wildman–Crippen LogP) is 4.17. The van der Waals surface area contributed by atoms with Crippen LogP contribution in [0.4, 0.5) is 0 Å². The Kier molecular flexibility index (Phi) is 6.01. The molecule has 0 fully saturated rings. The second kappa shape index (κ2) is 8.20. The van der Waals surface area contributed by atoms with Crippen molar-refractivity contribution in [1.82, 2.24) is 14.4 Å². The van der Waals surface area contributed by atoms with Crippen LogP contribution in [0.1, 0.15) is 37.8 Å². The molecule has 3 rings (SSSR count). The van der Waals surface area contributed by atoms with Crippen LogP contribution in [0.5, 0.6) is 5.75 Å². The molecule has 7 nitrogen and oxygen atoms in total. The first-order valence-electron chi connectivity index (χ1n) is 9.57. The van der Waals surface area contributed by atoms with Crippen LogP contribution in [0.15, 0.2) is 51.9 Å². The maximum Gasteiger partial charge on any atom is 0.243 e. The Morgan fingerprint density at radius 3 is 2.33 bits per heavy atom. The van der Waals surface area contributed by atoms with E-state index in [1.807, 2.05) is 24.3 Å². The summed E-state index contributed by atoms with van der Waals surface area (Å²) in [5.41, 5.74) is 2.81. The summed E-state index contributed by atoms with van der Waals surface area (Å²) >= 11 is 0. The first kappa shape index (κ1) is 22.0. The van der Waals surface area contributed by atoms with Crippen molar-refractivity contribution in [2.24, 2.45) is 0 Å². The summed E-state index contributed by atoms with van der Waals surface area (Å²) in [6, 6.07) is 12.7. The van der Waals surface area contributed by atoms with Crippen LogP contribution in [0.2, 0.25) is 0 Å². The summed E-state index contributed by atoms with van der Waals surface area (Å²) in [5.74, 6) is 1.29. The van der Waals surface area contributed by atoms with Crippen LogP contribution in [0.3, 0.4) is 0 Å². The van der Waals surface area contributed by atoms with E-state index in [4.69, 9.17) is 9.26 Å². The number of sulfonamides is 1. The standard InChI is InChI=1S/C22H27N3O4S/c1-15-13-18(11-12-19(15)28-6)30(26,27)25(5)14-20-23-21(24-29-20)16-7-9-17(10-8-16)22(2,3)4/h7-13H,14H2,1-6H3. The summed E-state index contributed by atoms with van der Waals surface area (Å²) in [6.45, 7) is 8.21. The lowest BCUT2D eigenvalue weighted by molar-refractivity contribution is 0.336. The summed E-state index contributed by atoms with van der Waals surface area (Å²) in [5, 5.41) is 4.00. The minimum Gasteiger partial charge on any atom is -0.496 e. The van der Waals surface area contributed by atoms with Crippen molar-refractivity contribution in [2.75, 3.05) is 14.2 Å². The molecule has 160 valence electrons. The highest BCUT2D eigenvalue weighted by Gasteiger charge is 2.24. The van der Waals surface area contributed by atoms with Crippen molar-refractivity contribution in [3.8, 4) is 17.1 Å². The highest BCUT2D eigenvalue weighted by molar-refractivity contribution is 7.89. The van der Waals surface area contributed by atoms with Crippen molar-refractivity contribution in [3.63, 3.8) is 0 Å². The highest BCUT2D eigenvalue weighted by atomic mass is 32.2. The molecule has 0 radical (unpaired) electrons. The zero-order chi connectivity index (χ0) is 22.1. The van der Waals surface area contributed by atoms with E-state index in [1.54, 1.807) is 26.2 Å². The average molecular weight is 430 g/mol. The molecule has 8 heteroatoms. The van der Waals surface area contributed by atoms with Gasteiger partial charge in [-0.2, -0.15) is 9.29 Å². The van der Waals surface area contributed by atoms with E-state index in [2.05, 4.69) is 30.9 Å². The van der Waals surface area contributed by atoms with E-state index in [0.717, 1.165) is 11.1 Å². The van der Waals surface area contributed by atoms with E-state index in [1.165, 1.54) is 23.0 Å². The van der Waals surface area contributed by atoms with Crippen LogP contribution in [-0.2, 0) is 22.0 Å². The van der Waals surface area contributed by atoms with Gasteiger partial charge in [-0.1, -0.05) is 50.2 Å². The topological polar surface area (TPSA) is 85.5 Å². The summed E-state index contributed by atoms with van der Waals surface area (Å²) in [7, 11) is -0.681. The maximum atomic E-state index is 12.9. The van der Waals surface area contributed by atoms with E-state index in [9.17, 15) is 8.42 Å². The van der Waals surface area contributed by atoms with Gasteiger partial charge in [-0.15, -0.1) is 0 Å². The third-order valence-electron chi connectivity index (χ3n) is 4.91. The van der Waals surface area contributed by atoms with Crippen molar-refractivity contribution in [1.29, 1.82) is 0 Å². The third-order valence-corrected chi connectivity index (χ3v) is 6.71. The fourth-order valence-corrected chi connectivity index (χ4v) is 4.23. The first-order chi connectivity index (χ1) is 14.0. The zero-order valence-electron chi connectivity index (χ0n) is 18.1. The Morgan fingerprint density at radius 2 is 1.77 bits per heavy atom. The van der Waals surface area contributed by atoms with Crippen molar-refractivity contribution >= 4 is 10.0 Å². The molecule has 1 heterocycles. The largest absolute Gasteiger partial charge is 0.496 e. The van der Waals surface area contributed by atoms with Crippen LogP contribution >= 0.6 is 0 Å². The second-order valence-electron chi connectivity index (χ2n) is 8.23. The van der Waals surface area contributed by atoms with Gasteiger partial charge in [0.2, 0.25) is 21.7 Å². The molecule has 0 aliphatic rings. The Labute approximate surface area is 177 Å². The lowest BCUT2D eigenvalue weighted by Gasteiger charge is -2.18. The molecule has 0 aliphatic heterocycles. The van der Waals surface area contributed by atoms with Gasteiger partial charge >= 0.3 is 0 Å². The molecule has 30 heavy (non-hydrogen) atoms. The molecule has 3 aromatic rings. The van der Waals surface area contributed by atoms with Crippen LogP contribution in [-0.4, -0.2) is 37.0 Å². The number of hydrogen-bond donors (Lipinski definition) is 0. The quantitative estimate of drug-likeness (QED) is 0.585. The van der Waals surface area contributed by atoms with Gasteiger partial charge in [0.1, 0.15) is 5.75 Å². The third kappa shape index (κ3) is 4.55. The van der Waals surface area contributed by atoms with Crippen molar-refractivity contribution in [3.05, 3.63) is 59.5 Å². The van der Waals surface area contributed by atoms with E-state index >= 15 is 0 Å². The monoisotopic (exact) mass is 429 g/mol. The summed E-state index contributed by atoms with van der Waals surface area (Å²) < 4.78 is 37.5. The molecule has 0 aliphatic carbocycles. The molecule has 0 bridgehead atoms. The number of aryl methyl sites for hydroxylation is 1. The van der Waals surface area contributed by atoms with Gasteiger partial charge in [-0.05, 0) is 41.7 Å². The summed E-state index contributed by atoms with van der Waals surface area (Å²) in [6.07, 6.45) is 0. The van der Waals surface area contributed by atoms with Gasteiger partial charge in [0.05, 0.1) is 18.6 Å². The van der Waals surface area contributed by atoms with Gasteiger partial charge in [-0.25, -0.2) is 8.42 Å². The van der Waals surface area contributed by atoms with Gasteiger partial charge in [0.15, 0.2) is 0 Å². The molecular weight excluding hydrogens is 402 g/mol.